The number of carbonyl (C=O) groups is 1. The highest BCUT2D eigenvalue weighted by Gasteiger charge is 2.18. The number of hydrogen-bond acceptors (Lipinski definition) is 3. The van der Waals surface area contributed by atoms with Gasteiger partial charge >= 0.3 is 5.97 Å². The minimum Gasteiger partial charge on any atom is -0.508 e. The Bertz CT molecular complexity index is 955. The van der Waals surface area contributed by atoms with Gasteiger partial charge < -0.3 is 9.84 Å². The molecule has 4 heteroatoms. The Kier molecular flexibility index (Phi) is 7.04. The fourth-order valence-electron chi connectivity index (χ4n) is 3.74. The first-order valence-electron chi connectivity index (χ1n) is 10.5. The molecule has 158 valence electrons. The number of phenols is 1. The van der Waals surface area contributed by atoms with Gasteiger partial charge in [-0.1, -0.05) is 47.9 Å². The summed E-state index contributed by atoms with van der Waals surface area (Å²) in [5, 5.41) is 10.3. The van der Waals surface area contributed by atoms with Crippen LogP contribution in [0.4, 0.5) is 0 Å². The van der Waals surface area contributed by atoms with E-state index in [2.05, 4.69) is 0 Å². The standard InChI is InChI=1S/C26H29ClO3/c1-26(2,3)30-24(29)16-10-18-9-15-22(23(27)17-18)25(19-7-5-4-6-8-19)20-11-13-21(28)14-12-20/h9-17,28H,4-8H2,1-3H3. The van der Waals surface area contributed by atoms with Crippen LogP contribution in [0.1, 0.15) is 69.6 Å². The fourth-order valence-corrected chi connectivity index (χ4v) is 4.03. The molecule has 1 aliphatic carbocycles. The third-order valence-electron chi connectivity index (χ3n) is 5.05. The number of halogens is 1. The summed E-state index contributed by atoms with van der Waals surface area (Å²) in [6.07, 6.45) is 8.90. The van der Waals surface area contributed by atoms with Crippen molar-refractivity contribution in [2.24, 2.45) is 0 Å². The summed E-state index contributed by atoms with van der Waals surface area (Å²) >= 11 is 6.71. The third kappa shape index (κ3) is 5.99. The van der Waals surface area contributed by atoms with E-state index in [4.69, 9.17) is 16.3 Å². The lowest BCUT2D eigenvalue weighted by molar-refractivity contribution is -0.148. The van der Waals surface area contributed by atoms with Crippen LogP contribution in [0.25, 0.3) is 11.6 Å². The number of phenolic OH excluding ortho intramolecular Hbond substituents is 1. The van der Waals surface area contributed by atoms with Crippen molar-refractivity contribution < 1.29 is 14.6 Å². The Morgan fingerprint density at radius 3 is 2.30 bits per heavy atom. The van der Waals surface area contributed by atoms with Crippen molar-refractivity contribution in [1.82, 2.24) is 0 Å². The van der Waals surface area contributed by atoms with Crippen molar-refractivity contribution in [3.8, 4) is 5.75 Å². The van der Waals surface area contributed by atoms with Crippen LogP contribution in [0.2, 0.25) is 5.02 Å². The zero-order chi connectivity index (χ0) is 21.7. The smallest absolute Gasteiger partial charge is 0.331 e. The highest BCUT2D eigenvalue weighted by molar-refractivity contribution is 6.32. The summed E-state index contributed by atoms with van der Waals surface area (Å²) in [4.78, 5) is 11.9. The summed E-state index contributed by atoms with van der Waals surface area (Å²) in [7, 11) is 0. The van der Waals surface area contributed by atoms with Crippen LogP contribution in [0.3, 0.4) is 0 Å². The van der Waals surface area contributed by atoms with E-state index in [0.717, 1.165) is 35.1 Å². The van der Waals surface area contributed by atoms with Crippen molar-refractivity contribution in [2.45, 2.75) is 58.5 Å². The molecule has 2 aromatic carbocycles. The van der Waals surface area contributed by atoms with E-state index in [1.165, 1.54) is 30.9 Å². The maximum absolute atomic E-state index is 11.9. The van der Waals surface area contributed by atoms with Crippen LogP contribution >= 0.6 is 11.6 Å². The molecular weight excluding hydrogens is 396 g/mol. The molecule has 1 N–H and O–H groups in total. The SMILES string of the molecule is CC(C)(C)OC(=O)C=Cc1ccc(C(=C2CCCCC2)c2ccc(O)cc2)c(Cl)c1. The minimum absolute atomic E-state index is 0.250. The van der Waals surface area contributed by atoms with Crippen LogP contribution in [-0.2, 0) is 9.53 Å². The maximum Gasteiger partial charge on any atom is 0.331 e. The summed E-state index contributed by atoms with van der Waals surface area (Å²) in [6.45, 7) is 5.52. The van der Waals surface area contributed by atoms with Gasteiger partial charge in [0.1, 0.15) is 11.4 Å². The van der Waals surface area contributed by atoms with Crippen LogP contribution in [0, 0.1) is 0 Å². The lowest BCUT2D eigenvalue weighted by Gasteiger charge is -2.21. The first kappa shape index (κ1) is 22.2. The predicted molar refractivity (Wildman–Crippen MR) is 124 cm³/mol. The summed E-state index contributed by atoms with van der Waals surface area (Å²) in [5.74, 6) is -0.128. The normalized spacial score (nSPS) is 14.7. The van der Waals surface area contributed by atoms with Gasteiger partial charge in [0.25, 0.3) is 0 Å². The molecule has 0 radical (unpaired) electrons. The van der Waals surface area contributed by atoms with Crippen molar-refractivity contribution in [2.75, 3.05) is 0 Å². The van der Waals surface area contributed by atoms with E-state index in [0.29, 0.717) is 5.02 Å². The van der Waals surface area contributed by atoms with Crippen molar-refractivity contribution in [3.05, 3.63) is 75.8 Å². The van der Waals surface area contributed by atoms with E-state index >= 15 is 0 Å². The third-order valence-corrected chi connectivity index (χ3v) is 5.36. The molecule has 1 fully saturated rings. The molecule has 0 amide bonds. The van der Waals surface area contributed by atoms with Crippen LogP contribution in [0.5, 0.6) is 5.75 Å². The fraction of sp³-hybridized carbons (Fsp3) is 0.346. The summed E-state index contributed by atoms with van der Waals surface area (Å²) < 4.78 is 5.31. The average Bonchev–Trinajstić information content (AvgIpc) is 2.69. The lowest BCUT2D eigenvalue weighted by Crippen LogP contribution is -2.22. The first-order valence-corrected chi connectivity index (χ1v) is 10.8. The molecule has 0 saturated heterocycles. The van der Waals surface area contributed by atoms with Gasteiger partial charge in [0.2, 0.25) is 0 Å². The molecule has 3 nitrogen and oxygen atoms in total. The van der Waals surface area contributed by atoms with Gasteiger partial charge in [0.15, 0.2) is 0 Å². The van der Waals surface area contributed by atoms with Gasteiger partial charge in [-0.05, 0) is 87.4 Å². The number of aromatic hydroxyl groups is 1. The Morgan fingerprint density at radius 1 is 1.03 bits per heavy atom. The molecule has 0 heterocycles. The predicted octanol–water partition coefficient (Wildman–Crippen LogP) is 7.17. The molecule has 30 heavy (non-hydrogen) atoms. The summed E-state index contributed by atoms with van der Waals surface area (Å²) in [5.41, 5.74) is 4.92. The number of carbonyl (C=O) groups excluding carboxylic acids is 1. The van der Waals surface area contributed by atoms with Gasteiger partial charge in [-0.25, -0.2) is 4.79 Å². The molecule has 0 aromatic heterocycles. The Balaban J connectivity index is 1.93. The minimum atomic E-state index is -0.520. The van der Waals surface area contributed by atoms with Gasteiger partial charge in [0.05, 0.1) is 0 Å². The number of esters is 1. The molecular formula is C26H29ClO3. The Labute approximate surface area is 184 Å². The van der Waals surface area contributed by atoms with Crippen LogP contribution in [-0.4, -0.2) is 16.7 Å². The average molecular weight is 425 g/mol. The van der Waals surface area contributed by atoms with E-state index < -0.39 is 5.60 Å². The summed E-state index contributed by atoms with van der Waals surface area (Å²) in [6, 6.07) is 13.2. The molecule has 0 spiro atoms. The van der Waals surface area contributed by atoms with Crippen molar-refractivity contribution in [1.29, 1.82) is 0 Å². The number of hydrogen-bond donors (Lipinski definition) is 1. The highest BCUT2D eigenvalue weighted by Crippen LogP contribution is 2.38. The quantitative estimate of drug-likeness (QED) is 0.418. The molecule has 0 aliphatic heterocycles. The van der Waals surface area contributed by atoms with E-state index in [1.807, 2.05) is 51.1 Å². The topological polar surface area (TPSA) is 46.5 Å². The number of allylic oxidation sites excluding steroid dienone is 1. The Hall–Kier alpha value is -2.52. The van der Waals surface area contributed by atoms with Crippen LogP contribution < -0.4 is 0 Å². The molecule has 0 unspecified atom stereocenters. The molecule has 1 saturated carbocycles. The molecule has 0 atom stereocenters. The largest absolute Gasteiger partial charge is 0.508 e. The van der Waals surface area contributed by atoms with Crippen molar-refractivity contribution in [3.63, 3.8) is 0 Å². The second-order valence-corrected chi connectivity index (χ2v) is 9.10. The Morgan fingerprint density at radius 2 is 1.70 bits per heavy atom. The number of benzene rings is 2. The van der Waals surface area contributed by atoms with E-state index in [1.54, 1.807) is 18.2 Å². The highest BCUT2D eigenvalue weighted by atomic mass is 35.5. The zero-order valence-corrected chi connectivity index (χ0v) is 18.6. The number of rotatable bonds is 4. The number of ether oxygens (including phenoxy) is 1. The monoisotopic (exact) mass is 424 g/mol. The van der Waals surface area contributed by atoms with Gasteiger partial charge in [-0.15, -0.1) is 0 Å². The van der Waals surface area contributed by atoms with Crippen LogP contribution in [0.15, 0.2) is 54.1 Å². The van der Waals surface area contributed by atoms with Gasteiger partial charge in [0, 0.05) is 16.7 Å². The van der Waals surface area contributed by atoms with E-state index in [9.17, 15) is 9.90 Å². The zero-order valence-electron chi connectivity index (χ0n) is 17.9. The molecule has 1 aliphatic rings. The van der Waals surface area contributed by atoms with E-state index in [-0.39, 0.29) is 11.7 Å². The second-order valence-electron chi connectivity index (χ2n) is 8.69. The van der Waals surface area contributed by atoms with Crippen molar-refractivity contribution >= 4 is 29.2 Å². The van der Waals surface area contributed by atoms with Gasteiger partial charge in [-0.2, -0.15) is 0 Å². The maximum atomic E-state index is 11.9. The molecule has 2 aromatic rings. The molecule has 0 bridgehead atoms. The molecule has 3 rings (SSSR count). The lowest BCUT2D eigenvalue weighted by atomic mass is 9.85. The first-order chi connectivity index (χ1) is 14.2. The second kappa shape index (κ2) is 9.53. The van der Waals surface area contributed by atoms with Gasteiger partial charge in [-0.3, -0.25) is 0 Å².